The first-order valence-electron chi connectivity index (χ1n) is 11.8. The maximum atomic E-state index is 12.4. The van der Waals surface area contributed by atoms with Gasteiger partial charge in [0.15, 0.2) is 0 Å². The van der Waals surface area contributed by atoms with Crippen LogP contribution in [-0.2, 0) is 33.3 Å². The van der Waals surface area contributed by atoms with Crippen LogP contribution in [0.4, 0.5) is 10.6 Å². The van der Waals surface area contributed by atoms with E-state index in [1.807, 2.05) is 78.9 Å². The van der Waals surface area contributed by atoms with Crippen LogP contribution < -0.4 is 5.32 Å². The Morgan fingerprint density at radius 2 is 1.53 bits per heavy atom. The summed E-state index contributed by atoms with van der Waals surface area (Å²) in [5.74, 6) is 0.396. The Morgan fingerprint density at radius 1 is 0.917 bits per heavy atom. The van der Waals surface area contributed by atoms with E-state index < -0.39 is 11.5 Å². The van der Waals surface area contributed by atoms with Crippen molar-refractivity contribution in [2.24, 2.45) is 7.05 Å². The Morgan fingerprint density at radius 3 is 2.14 bits per heavy atom. The fourth-order valence-corrected chi connectivity index (χ4v) is 4.41. The molecule has 1 heterocycles. The number of nitrogens with one attached hydrogen (secondary N) is 1. The van der Waals surface area contributed by atoms with Gasteiger partial charge in [0.2, 0.25) is 0 Å². The highest BCUT2D eigenvalue weighted by Gasteiger charge is 2.52. The third kappa shape index (κ3) is 4.60. The molecule has 0 bridgehead atoms. The van der Waals surface area contributed by atoms with Crippen molar-refractivity contribution in [3.8, 4) is 22.3 Å². The molecule has 0 saturated heterocycles. The predicted molar refractivity (Wildman–Crippen MR) is 137 cm³/mol. The first kappa shape index (κ1) is 23.4. The third-order valence-corrected chi connectivity index (χ3v) is 6.66. The number of anilines is 1. The molecule has 36 heavy (non-hydrogen) atoms. The minimum Gasteiger partial charge on any atom is -0.468 e. The number of hydrogen-bond donors (Lipinski definition) is 1. The Kier molecular flexibility index (Phi) is 6.29. The van der Waals surface area contributed by atoms with Gasteiger partial charge in [-0.05, 0) is 40.7 Å². The summed E-state index contributed by atoms with van der Waals surface area (Å²) >= 11 is 0. The van der Waals surface area contributed by atoms with Crippen LogP contribution in [0.5, 0.6) is 0 Å². The van der Waals surface area contributed by atoms with Crippen LogP contribution in [0.1, 0.15) is 24.0 Å². The van der Waals surface area contributed by atoms with Gasteiger partial charge in [0.1, 0.15) is 12.4 Å². The van der Waals surface area contributed by atoms with E-state index in [4.69, 9.17) is 9.47 Å². The van der Waals surface area contributed by atoms with Gasteiger partial charge in [-0.3, -0.25) is 14.8 Å². The minimum atomic E-state index is -0.541. The zero-order valence-electron chi connectivity index (χ0n) is 20.2. The molecule has 1 aromatic heterocycles. The van der Waals surface area contributed by atoms with Crippen LogP contribution in [0.3, 0.4) is 0 Å². The van der Waals surface area contributed by atoms with E-state index in [9.17, 15) is 9.59 Å². The zero-order valence-corrected chi connectivity index (χ0v) is 20.2. The maximum Gasteiger partial charge on any atom is 0.413 e. The second kappa shape index (κ2) is 9.70. The van der Waals surface area contributed by atoms with Crippen molar-refractivity contribution in [1.82, 2.24) is 9.78 Å². The molecule has 1 aliphatic carbocycles. The molecule has 7 heteroatoms. The smallest absolute Gasteiger partial charge is 0.413 e. The fraction of sp³-hybridized carbons (Fsp3) is 0.207. The summed E-state index contributed by atoms with van der Waals surface area (Å²) in [6.45, 7) is 0.189. The molecule has 0 unspecified atom stereocenters. The number of hydrogen-bond acceptors (Lipinski definition) is 5. The number of ether oxygens (including phenoxy) is 2. The maximum absolute atomic E-state index is 12.4. The first-order valence-corrected chi connectivity index (χ1v) is 11.8. The quantitative estimate of drug-likeness (QED) is 0.342. The average molecular weight is 482 g/mol. The summed E-state index contributed by atoms with van der Waals surface area (Å²) in [4.78, 5) is 24.6. The Balaban J connectivity index is 1.29. The number of nitrogens with zero attached hydrogens (tertiary/aromatic N) is 2. The number of aromatic nitrogens is 2. The summed E-state index contributed by atoms with van der Waals surface area (Å²) in [7, 11) is 3.21. The molecule has 4 aromatic rings. The number of carbonyl (C=O) groups is 2. The van der Waals surface area contributed by atoms with Crippen LogP contribution in [0.25, 0.3) is 22.3 Å². The molecule has 7 nitrogen and oxygen atoms in total. The second-order valence-corrected chi connectivity index (χ2v) is 8.95. The number of rotatable bonds is 7. The summed E-state index contributed by atoms with van der Waals surface area (Å²) in [5.41, 5.74) is 5.27. The number of aryl methyl sites for hydroxylation is 1. The molecular formula is C29H27N3O4. The lowest BCUT2D eigenvalue weighted by atomic mass is 9.93. The summed E-state index contributed by atoms with van der Waals surface area (Å²) in [5, 5.41) is 7.13. The van der Waals surface area contributed by atoms with E-state index in [0.717, 1.165) is 46.2 Å². The molecule has 0 radical (unpaired) electrons. The van der Waals surface area contributed by atoms with Gasteiger partial charge in [0.05, 0.1) is 18.7 Å². The van der Waals surface area contributed by atoms with Gasteiger partial charge in [0.25, 0.3) is 0 Å². The van der Waals surface area contributed by atoms with Gasteiger partial charge in [0, 0.05) is 12.6 Å². The standard InChI is InChI=1S/C29H27N3O4/c1-32-26(31-28(34)36-19-20-6-4-3-5-7-20)25(18-30-32)23-10-8-21(9-11-23)22-12-14-24(15-13-22)29(16-17-29)27(33)35-2/h3-15,18H,16-17,19H2,1-2H3,(H,31,34). The Bertz CT molecular complexity index is 1370. The van der Waals surface area contributed by atoms with Gasteiger partial charge in [-0.25, -0.2) is 4.79 Å². The third-order valence-electron chi connectivity index (χ3n) is 6.66. The van der Waals surface area contributed by atoms with E-state index in [-0.39, 0.29) is 12.6 Å². The van der Waals surface area contributed by atoms with E-state index in [0.29, 0.717) is 5.82 Å². The van der Waals surface area contributed by atoms with Crippen LogP contribution in [0.2, 0.25) is 0 Å². The minimum absolute atomic E-state index is 0.163. The number of carbonyl (C=O) groups excluding carboxylic acids is 2. The molecule has 3 aromatic carbocycles. The van der Waals surface area contributed by atoms with Gasteiger partial charge in [-0.1, -0.05) is 78.9 Å². The number of benzene rings is 3. The molecule has 1 N–H and O–H groups in total. The highest BCUT2D eigenvalue weighted by molar-refractivity contribution is 5.90. The largest absolute Gasteiger partial charge is 0.468 e. The Labute approximate surface area is 209 Å². The molecule has 0 spiro atoms. The highest BCUT2D eigenvalue weighted by atomic mass is 16.5. The number of esters is 1. The topological polar surface area (TPSA) is 82.5 Å². The van der Waals surface area contributed by atoms with Crippen molar-refractivity contribution in [2.75, 3.05) is 12.4 Å². The van der Waals surface area contributed by atoms with Crippen molar-refractivity contribution in [3.63, 3.8) is 0 Å². The van der Waals surface area contributed by atoms with Crippen molar-refractivity contribution in [1.29, 1.82) is 0 Å². The van der Waals surface area contributed by atoms with Gasteiger partial charge < -0.3 is 9.47 Å². The van der Waals surface area contributed by atoms with Crippen molar-refractivity contribution in [2.45, 2.75) is 24.9 Å². The molecule has 1 amide bonds. The summed E-state index contributed by atoms with van der Waals surface area (Å²) in [6.07, 6.45) is 2.84. The van der Waals surface area contributed by atoms with E-state index >= 15 is 0 Å². The Hall–Kier alpha value is -4.39. The molecule has 5 rings (SSSR count). The molecule has 1 saturated carbocycles. The van der Waals surface area contributed by atoms with E-state index in [2.05, 4.69) is 10.4 Å². The van der Waals surface area contributed by atoms with Gasteiger partial charge in [-0.15, -0.1) is 0 Å². The van der Waals surface area contributed by atoms with Crippen molar-refractivity contribution >= 4 is 17.9 Å². The van der Waals surface area contributed by atoms with Crippen molar-refractivity contribution in [3.05, 3.63) is 96.2 Å². The normalized spacial score (nSPS) is 13.6. The number of amides is 1. The molecule has 0 atom stereocenters. The lowest BCUT2D eigenvalue weighted by molar-refractivity contribution is -0.143. The second-order valence-electron chi connectivity index (χ2n) is 8.95. The molecule has 1 fully saturated rings. The fourth-order valence-electron chi connectivity index (χ4n) is 4.41. The molecule has 0 aliphatic heterocycles. The summed E-state index contributed by atoms with van der Waals surface area (Å²) in [6, 6.07) is 25.7. The van der Waals surface area contributed by atoms with E-state index in [1.54, 1.807) is 17.9 Å². The molecular weight excluding hydrogens is 454 g/mol. The molecule has 1 aliphatic rings. The lowest BCUT2D eigenvalue weighted by Crippen LogP contribution is -2.21. The SMILES string of the molecule is COC(=O)C1(c2ccc(-c3ccc(-c4cnn(C)c4NC(=O)OCc4ccccc4)cc3)cc2)CC1. The van der Waals surface area contributed by atoms with Crippen molar-refractivity contribution < 1.29 is 19.1 Å². The molecule has 182 valence electrons. The monoisotopic (exact) mass is 481 g/mol. The van der Waals surface area contributed by atoms with Crippen LogP contribution in [0.15, 0.2) is 85.1 Å². The lowest BCUT2D eigenvalue weighted by Gasteiger charge is -2.13. The highest BCUT2D eigenvalue weighted by Crippen LogP contribution is 2.49. The van der Waals surface area contributed by atoms with E-state index in [1.165, 1.54) is 7.11 Å². The van der Waals surface area contributed by atoms with Crippen LogP contribution in [-0.4, -0.2) is 29.0 Å². The van der Waals surface area contributed by atoms with Crippen LogP contribution >= 0.6 is 0 Å². The first-order chi connectivity index (χ1) is 17.5. The summed E-state index contributed by atoms with van der Waals surface area (Å²) < 4.78 is 12.0. The number of methoxy groups -OCH3 is 1. The zero-order chi connectivity index (χ0) is 25.1. The average Bonchev–Trinajstić information content (AvgIpc) is 3.66. The van der Waals surface area contributed by atoms with Gasteiger partial charge >= 0.3 is 12.1 Å². The van der Waals surface area contributed by atoms with Gasteiger partial charge in [-0.2, -0.15) is 5.10 Å². The predicted octanol–water partition coefficient (Wildman–Crippen LogP) is 5.71. The van der Waals surface area contributed by atoms with Crippen LogP contribution in [0, 0.1) is 0 Å².